The Hall–Kier alpha value is -3.80. The van der Waals surface area contributed by atoms with Gasteiger partial charge >= 0.3 is 0 Å². The van der Waals surface area contributed by atoms with E-state index in [1.54, 1.807) is 52.4 Å². The maximum atomic E-state index is 13.4. The van der Waals surface area contributed by atoms with Crippen molar-refractivity contribution in [3.63, 3.8) is 0 Å². The Bertz CT molecular complexity index is 1230. The molecule has 1 unspecified atom stereocenters. The van der Waals surface area contributed by atoms with E-state index in [0.29, 0.717) is 28.5 Å². The van der Waals surface area contributed by atoms with Crippen LogP contribution in [0.5, 0.6) is 0 Å². The molecular formula is C24H19ClN4O3. The fourth-order valence-electron chi connectivity index (χ4n) is 4.11. The molecule has 160 valence electrons. The molecule has 3 aliphatic heterocycles. The molecular weight excluding hydrogens is 428 g/mol. The molecule has 2 N–H and O–H groups in total. The third kappa shape index (κ3) is 3.58. The number of halogens is 1. The lowest BCUT2D eigenvalue weighted by Crippen LogP contribution is -2.60. The van der Waals surface area contributed by atoms with E-state index in [9.17, 15) is 14.4 Å². The van der Waals surface area contributed by atoms with Crippen molar-refractivity contribution in [2.24, 2.45) is 0 Å². The number of allylic oxidation sites excluding steroid dienone is 2. The van der Waals surface area contributed by atoms with E-state index in [2.05, 4.69) is 16.4 Å². The molecule has 0 spiro atoms. The van der Waals surface area contributed by atoms with Gasteiger partial charge in [-0.05, 0) is 47.5 Å². The first-order valence-electron chi connectivity index (χ1n) is 10.2. The highest BCUT2D eigenvalue weighted by molar-refractivity contribution is 6.30. The fraction of sp³-hybridized carbons (Fsp3) is 0.167. The van der Waals surface area contributed by atoms with Crippen molar-refractivity contribution in [3.8, 4) is 11.1 Å². The molecule has 3 aliphatic rings. The number of nitrogens with one attached hydrogen (secondary N) is 2. The lowest BCUT2D eigenvalue weighted by molar-refractivity contribution is -0.132. The van der Waals surface area contributed by atoms with Crippen LogP contribution in [0.1, 0.15) is 10.4 Å². The Kier molecular flexibility index (Phi) is 5.05. The minimum atomic E-state index is -0.762. The molecule has 5 rings (SSSR count). The average molecular weight is 447 g/mol. The Balaban J connectivity index is 1.42. The van der Waals surface area contributed by atoms with Crippen LogP contribution in [0.4, 0.5) is 5.69 Å². The summed E-state index contributed by atoms with van der Waals surface area (Å²) in [5.41, 5.74) is 5.92. The van der Waals surface area contributed by atoms with Gasteiger partial charge in [0.1, 0.15) is 11.7 Å². The van der Waals surface area contributed by atoms with Gasteiger partial charge < -0.3 is 20.4 Å². The molecule has 0 saturated carbocycles. The number of nitrogens with zero attached hydrogens (tertiary/aromatic N) is 2. The fourth-order valence-corrected chi connectivity index (χ4v) is 4.23. The zero-order valence-electron chi connectivity index (χ0n) is 17.0. The van der Waals surface area contributed by atoms with Crippen molar-refractivity contribution < 1.29 is 14.4 Å². The third-order valence-corrected chi connectivity index (χ3v) is 6.06. The van der Waals surface area contributed by atoms with Gasteiger partial charge in [-0.2, -0.15) is 0 Å². The summed E-state index contributed by atoms with van der Waals surface area (Å²) in [5, 5.41) is 6.37. The average Bonchev–Trinajstić information content (AvgIpc) is 2.93. The Labute approximate surface area is 189 Å². The lowest BCUT2D eigenvalue weighted by atomic mass is 10.0. The number of fused-ring (bicyclic) bond motifs is 2. The maximum Gasteiger partial charge on any atom is 0.270 e. The van der Waals surface area contributed by atoms with Crippen LogP contribution in [0.15, 0.2) is 72.2 Å². The summed E-state index contributed by atoms with van der Waals surface area (Å²) in [7, 11) is 0. The minimum absolute atomic E-state index is 0.126. The van der Waals surface area contributed by atoms with Crippen LogP contribution in [0.3, 0.4) is 0 Å². The number of carbonyl (C=O) groups is 3. The van der Waals surface area contributed by atoms with Crippen LogP contribution < -0.4 is 10.6 Å². The molecule has 2 aromatic carbocycles. The van der Waals surface area contributed by atoms with Crippen molar-refractivity contribution in [1.29, 1.82) is 0 Å². The minimum Gasteiger partial charge on any atom is -0.351 e. The molecule has 1 atom stereocenters. The van der Waals surface area contributed by atoms with Gasteiger partial charge in [0.05, 0.1) is 17.8 Å². The predicted molar refractivity (Wildman–Crippen MR) is 121 cm³/mol. The van der Waals surface area contributed by atoms with Crippen molar-refractivity contribution in [2.75, 3.05) is 25.0 Å². The second kappa shape index (κ2) is 8.04. The van der Waals surface area contributed by atoms with Crippen molar-refractivity contribution >= 4 is 35.0 Å². The standard InChI is InChI=1S/C24H19ClN4O3/c25-17-7-4-15(5-8-17)16-6-9-19-18(13-16)23(31)29-12-11-28(14-21(29)22(30)27-19)24(32)20-3-1-2-10-26-20/h1,3-10,13,21,26H,11-12,14H2,(H,27,30). The second-order valence-corrected chi connectivity index (χ2v) is 8.16. The molecule has 2 aromatic rings. The van der Waals surface area contributed by atoms with Gasteiger partial charge in [0, 0.05) is 24.3 Å². The van der Waals surface area contributed by atoms with Crippen molar-refractivity contribution in [1.82, 2.24) is 15.1 Å². The van der Waals surface area contributed by atoms with Gasteiger partial charge in [-0.25, -0.2) is 0 Å². The topological polar surface area (TPSA) is 81.8 Å². The second-order valence-electron chi connectivity index (χ2n) is 7.72. The number of benzene rings is 2. The van der Waals surface area contributed by atoms with Crippen LogP contribution in [0, 0.1) is 0 Å². The van der Waals surface area contributed by atoms with E-state index in [1.807, 2.05) is 18.2 Å². The normalized spacial score (nSPS) is 19.4. The highest BCUT2D eigenvalue weighted by Crippen LogP contribution is 2.31. The van der Waals surface area contributed by atoms with Gasteiger partial charge in [-0.15, -0.1) is 5.73 Å². The molecule has 1 fully saturated rings. The molecule has 3 amide bonds. The van der Waals surface area contributed by atoms with Crippen LogP contribution in [-0.2, 0) is 9.59 Å². The third-order valence-electron chi connectivity index (χ3n) is 5.80. The number of rotatable bonds is 2. The molecule has 32 heavy (non-hydrogen) atoms. The summed E-state index contributed by atoms with van der Waals surface area (Å²) in [4.78, 5) is 42.4. The summed E-state index contributed by atoms with van der Waals surface area (Å²) in [6.07, 6.45) is 4.85. The first-order chi connectivity index (χ1) is 15.5. The first kappa shape index (κ1) is 20.1. The molecule has 0 aromatic heterocycles. The highest BCUT2D eigenvalue weighted by atomic mass is 35.5. The molecule has 0 bridgehead atoms. The van der Waals surface area contributed by atoms with E-state index in [0.717, 1.165) is 11.1 Å². The molecule has 1 saturated heterocycles. The first-order valence-corrected chi connectivity index (χ1v) is 10.6. The zero-order chi connectivity index (χ0) is 22.2. The van der Waals surface area contributed by atoms with Crippen LogP contribution in [0.2, 0.25) is 5.02 Å². The molecule has 0 aliphatic carbocycles. The molecule has 8 heteroatoms. The lowest BCUT2D eigenvalue weighted by Gasteiger charge is -2.39. The summed E-state index contributed by atoms with van der Waals surface area (Å²) < 4.78 is 0. The Morgan fingerprint density at radius 2 is 1.84 bits per heavy atom. The molecule has 7 nitrogen and oxygen atoms in total. The number of carbonyl (C=O) groups excluding carboxylic acids is 3. The van der Waals surface area contributed by atoms with E-state index < -0.39 is 6.04 Å². The molecule has 0 radical (unpaired) electrons. The summed E-state index contributed by atoms with van der Waals surface area (Å²) in [6.45, 7) is 0.736. The predicted octanol–water partition coefficient (Wildman–Crippen LogP) is 2.77. The van der Waals surface area contributed by atoms with Gasteiger partial charge in [0.25, 0.3) is 11.8 Å². The number of hydrogen-bond donors (Lipinski definition) is 2. The number of hydrogen-bond acceptors (Lipinski definition) is 4. The maximum absolute atomic E-state index is 13.4. The summed E-state index contributed by atoms with van der Waals surface area (Å²) in [5.74, 6) is -0.753. The summed E-state index contributed by atoms with van der Waals surface area (Å²) >= 11 is 5.99. The quantitative estimate of drug-likeness (QED) is 0.695. The van der Waals surface area contributed by atoms with E-state index in [-0.39, 0.29) is 30.8 Å². The van der Waals surface area contributed by atoms with Crippen LogP contribution in [-0.4, -0.2) is 53.2 Å². The number of amides is 3. The number of piperazine rings is 1. The summed E-state index contributed by atoms with van der Waals surface area (Å²) in [6, 6.07) is 12.0. The van der Waals surface area contributed by atoms with Crippen molar-refractivity contribution in [3.05, 3.63) is 82.8 Å². The van der Waals surface area contributed by atoms with Gasteiger partial charge in [-0.3, -0.25) is 14.4 Å². The largest absolute Gasteiger partial charge is 0.351 e. The van der Waals surface area contributed by atoms with E-state index >= 15 is 0 Å². The Morgan fingerprint density at radius 1 is 1.06 bits per heavy atom. The van der Waals surface area contributed by atoms with Gasteiger partial charge in [-0.1, -0.05) is 29.8 Å². The van der Waals surface area contributed by atoms with Gasteiger partial charge in [0.2, 0.25) is 5.91 Å². The molecule has 3 heterocycles. The SMILES string of the molecule is O=C1Nc2ccc(-c3ccc(Cl)cc3)cc2C(=O)N2CCN(C(=O)C3=CC=C=CN3)CC12. The van der Waals surface area contributed by atoms with Crippen molar-refractivity contribution in [2.45, 2.75) is 6.04 Å². The van der Waals surface area contributed by atoms with E-state index in [4.69, 9.17) is 11.6 Å². The monoisotopic (exact) mass is 446 g/mol. The Morgan fingerprint density at radius 3 is 2.59 bits per heavy atom. The zero-order valence-corrected chi connectivity index (χ0v) is 17.7. The number of anilines is 1. The van der Waals surface area contributed by atoms with Gasteiger partial charge in [0.15, 0.2) is 0 Å². The van der Waals surface area contributed by atoms with Crippen LogP contribution >= 0.6 is 11.6 Å². The highest BCUT2D eigenvalue weighted by Gasteiger charge is 2.40. The van der Waals surface area contributed by atoms with E-state index in [1.165, 1.54) is 0 Å². The van der Waals surface area contributed by atoms with Crippen LogP contribution in [0.25, 0.3) is 11.1 Å². The smallest absolute Gasteiger partial charge is 0.270 e.